The summed E-state index contributed by atoms with van der Waals surface area (Å²) in [5, 5.41) is 0. The quantitative estimate of drug-likeness (QED) is 0.519. The standard InChI is InChI=1S/C10H20ClNS/c1-13-8-4-7-12-6-3-2-5-10(12)9-11/h10H,2-9H2,1H3. The van der Waals surface area contributed by atoms with Crippen molar-refractivity contribution in [2.45, 2.75) is 31.7 Å². The van der Waals surface area contributed by atoms with Crippen molar-refractivity contribution in [1.29, 1.82) is 0 Å². The fourth-order valence-corrected chi connectivity index (χ4v) is 2.71. The Labute approximate surface area is 91.2 Å². The lowest BCUT2D eigenvalue weighted by Crippen LogP contribution is -2.41. The van der Waals surface area contributed by atoms with Crippen LogP contribution in [0.15, 0.2) is 0 Å². The molecular formula is C10H20ClNS. The number of piperidine rings is 1. The summed E-state index contributed by atoms with van der Waals surface area (Å²) in [6.07, 6.45) is 7.54. The highest BCUT2D eigenvalue weighted by molar-refractivity contribution is 7.98. The largest absolute Gasteiger partial charge is 0.299 e. The van der Waals surface area contributed by atoms with Crippen molar-refractivity contribution < 1.29 is 0 Å². The summed E-state index contributed by atoms with van der Waals surface area (Å²) in [6.45, 7) is 2.52. The predicted octanol–water partition coefficient (Wildman–Crippen LogP) is 2.83. The van der Waals surface area contributed by atoms with E-state index in [9.17, 15) is 0 Å². The van der Waals surface area contributed by atoms with E-state index in [1.165, 1.54) is 44.5 Å². The lowest BCUT2D eigenvalue weighted by molar-refractivity contribution is 0.164. The molecule has 0 radical (unpaired) electrons. The van der Waals surface area contributed by atoms with Crippen molar-refractivity contribution in [3.05, 3.63) is 0 Å². The summed E-state index contributed by atoms with van der Waals surface area (Å²) in [5.41, 5.74) is 0. The normalized spacial score (nSPS) is 24.9. The summed E-state index contributed by atoms with van der Waals surface area (Å²) in [5.74, 6) is 2.10. The second-order valence-electron chi connectivity index (χ2n) is 3.69. The van der Waals surface area contributed by atoms with Gasteiger partial charge < -0.3 is 0 Å². The molecule has 0 N–H and O–H groups in total. The summed E-state index contributed by atoms with van der Waals surface area (Å²) < 4.78 is 0. The van der Waals surface area contributed by atoms with Crippen LogP contribution in [0.2, 0.25) is 0 Å². The molecule has 78 valence electrons. The molecule has 1 atom stereocenters. The van der Waals surface area contributed by atoms with Gasteiger partial charge in [0, 0.05) is 11.9 Å². The molecule has 1 aliphatic heterocycles. The van der Waals surface area contributed by atoms with Gasteiger partial charge in [-0.25, -0.2) is 0 Å². The zero-order valence-corrected chi connectivity index (χ0v) is 10.0. The van der Waals surface area contributed by atoms with E-state index in [-0.39, 0.29) is 0 Å². The van der Waals surface area contributed by atoms with Crippen LogP contribution in [0.1, 0.15) is 25.7 Å². The van der Waals surface area contributed by atoms with E-state index in [1.54, 1.807) is 0 Å². The summed E-state index contributed by atoms with van der Waals surface area (Å²) in [4.78, 5) is 2.58. The molecule has 1 rings (SSSR count). The molecule has 1 nitrogen and oxygen atoms in total. The van der Waals surface area contributed by atoms with Crippen LogP contribution in [-0.4, -0.2) is 41.9 Å². The van der Waals surface area contributed by atoms with Gasteiger partial charge in [0.25, 0.3) is 0 Å². The van der Waals surface area contributed by atoms with E-state index in [2.05, 4.69) is 11.2 Å². The molecule has 1 unspecified atom stereocenters. The van der Waals surface area contributed by atoms with Gasteiger partial charge in [0.15, 0.2) is 0 Å². The number of likely N-dealkylation sites (tertiary alicyclic amines) is 1. The van der Waals surface area contributed by atoms with Gasteiger partial charge in [0.1, 0.15) is 0 Å². The molecule has 1 aliphatic rings. The Balaban J connectivity index is 2.19. The Bertz CT molecular complexity index is 132. The lowest BCUT2D eigenvalue weighted by Gasteiger charge is -2.34. The first-order valence-electron chi connectivity index (χ1n) is 5.17. The number of rotatable bonds is 5. The van der Waals surface area contributed by atoms with Gasteiger partial charge in [0.2, 0.25) is 0 Å². The number of thioether (sulfide) groups is 1. The molecule has 1 fully saturated rings. The first kappa shape index (κ1) is 11.7. The molecule has 3 heteroatoms. The van der Waals surface area contributed by atoms with Crippen molar-refractivity contribution in [2.75, 3.05) is 31.0 Å². The third-order valence-corrected chi connectivity index (χ3v) is 3.77. The second-order valence-corrected chi connectivity index (χ2v) is 4.98. The Kier molecular flexibility index (Phi) is 6.26. The molecule has 0 aromatic rings. The van der Waals surface area contributed by atoms with Gasteiger partial charge in [0.05, 0.1) is 0 Å². The van der Waals surface area contributed by atoms with E-state index in [0.717, 1.165) is 5.88 Å². The lowest BCUT2D eigenvalue weighted by atomic mass is 10.0. The number of nitrogens with zero attached hydrogens (tertiary/aromatic N) is 1. The van der Waals surface area contributed by atoms with Crippen molar-refractivity contribution >= 4 is 23.4 Å². The van der Waals surface area contributed by atoms with Crippen LogP contribution in [0.5, 0.6) is 0 Å². The molecule has 13 heavy (non-hydrogen) atoms. The molecule has 0 bridgehead atoms. The summed E-state index contributed by atoms with van der Waals surface area (Å²) >= 11 is 7.88. The Morgan fingerprint density at radius 1 is 1.46 bits per heavy atom. The Hall–Kier alpha value is 0.600. The molecule has 0 saturated carbocycles. The smallest absolute Gasteiger partial charge is 0.0379 e. The van der Waals surface area contributed by atoms with Gasteiger partial charge in [-0.1, -0.05) is 6.42 Å². The van der Waals surface area contributed by atoms with Crippen molar-refractivity contribution in [3.8, 4) is 0 Å². The number of alkyl halides is 1. The minimum absolute atomic E-state index is 0.664. The van der Waals surface area contributed by atoms with Crippen LogP contribution in [0.3, 0.4) is 0 Å². The van der Waals surface area contributed by atoms with Crippen LogP contribution >= 0.6 is 23.4 Å². The van der Waals surface area contributed by atoms with Crippen molar-refractivity contribution in [3.63, 3.8) is 0 Å². The number of halogens is 1. The SMILES string of the molecule is CSCCCN1CCCCC1CCl. The van der Waals surface area contributed by atoms with Gasteiger partial charge >= 0.3 is 0 Å². The maximum Gasteiger partial charge on any atom is 0.0379 e. The van der Waals surface area contributed by atoms with Crippen LogP contribution in [0.25, 0.3) is 0 Å². The highest BCUT2D eigenvalue weighted by Crippen LogP contribution is 2.18. The zero-order chi connectivity index (χ0) is 9.52. The minimum Gasteiger partial charge on any atom is -0.299 e. The molecule has 0 aliphatic carbocycles. The maximum absolute atomic E-state index is 5.94. The fraction of sp³-hybridized carbons (Fsp3) is 1.00. The third kappa shape index (κ3) is 4.09. The van der Waals surface area contributed by atoms with E-state index in [1.807, 2.05) is 11.8 Å². The Morgan fingerprint density at radius 2 is 2.31 bits per heavy atom. The van der Waals surface area contributed by atoms with Crippen LogP contribution < -0.4 is 0 Å². The Morgan fingerprint density at radius 3 is 3.00 bits per heavy atom. The topological polar surface area (TPSA) is 3.24 Å². The van der Waals surface area contributed by atoms with Crippen LogP contribution in [0.4, 0.5) is 0 Å². The highest BCUT2D eigenvalue weighted by atomic mass is 35.5. The van der Waals surface area contributed by atoms with Gasteiger partial charge in [-0.3, -0.25) is 4.90 Å². The van der Waals surface area contributed by atoms with E-state index < -0.39 is 0 Å². The molecule has 0 aromatic carbocycles. The third-order valence-electron chi connectivity index (χ3n) is 2.72. The van der Waals surface area contributed by atoms with Crippen LogP contribution in [0, 0.1) is 0 Å². The average molecular weight is 222 g/mol. The fourth-order valence-electron chi connectivity index (χ4n) is 1.94. The highest BCUT2D eigenvalue weighted by Gasteiger charge is 2.20. The van der Waals surface area contributed by atoms with Crippen molar-refractivity contribution in [2.24, 2.45) is 0 Å². The molecular weight excluding hydrogens is 202 g/mol. The first-order chi connectivity index (χ1) is 6.38. The minimum atomic E-state index is 0.664. The maximum atomic E-state index is 5.94. The monoisotopic (exact) mass is 221 g/mol. The van der Waals surface area contributed by atoms with Crippen LogP contribution in [-0.2, 0) is 0 Å². The predicted molar refractivity (Wildman–Crippen MR) is 62.9 cm³/mol. The van der Waals surface area contributed by atoms with E-state index in [4.69, 9.17) is 11.6 Å². The molecule has 1 heterocycles. The molecule has 0 aromatic heterocycles. The van der Waals surface area contributed by atoms with Gasteiger partial charge in [-0.15, -0.1) is 11.6 Å². The van der Waals surface area contributed by atoms with E-state index in [0.29, 0.717) is 6.04 Å². The van der Waals surface area contributed by atoms with Gasteiger partial charge in [-0.05, 0) is 44.4 Å². The number of hydrogen-bond donors (Lipinski definition) is 0. The average Bonchev–Trinajstić information content (AvgIpc) is 2.19. The first-order valence-corrected chi connectivity index (χ1v) is 7.10. The summed E-state index contributed by atoms with van der Waals surface area (Å²) in [6, 6.07) is 0.664. The van der Waals surface area contributed by atoms with Crippen molar-refractivity contribution in [1.82, 2.24) is 4.90 Å². The van der Waals surface area contributed by atoms with Gasteiger partial charge in [-0.2, -0.15) is 11.8 Å². The number of hydrogen-bond acceptors (Lipinski definition) is 2. The molecule has 0 spiro atoms. The summed E-state index contributed by atoms with van der Waals surface area (Å²) in [7, 11) is 0. The molecule has 0 amide bonds. The molecule has 1 saturated heterocycles. The van der Waals surface area contributed by atoms with E-state index >= 15 is 0 Å². The zero-order valence-electron chi connectivity index (χ0n) is 8.47. The second kappa shape index (κ2) is 6.97.